The Hall–Kier alpha value is -1.91. The van der Waals surface area contributed by atoms with Crippen LogP contribution in [-0.4, -0.2) is 47.8 Å². The predicted molar refractivity (Wildman–Crippen MR) is 87.3 cm³/mol. The lowest BCUT2D eigenvalue weighted by Crippen LogP contribution is -2.50. The molecule has 0 aromatic heterocycles. The summed E-state index contributed by atoms with van der Waals surface area (Å²) in [5.74, 6) is 0.379. The average molecular weight is 320 g/mol. The second-order valence-electron chi connectivity index (χ2n) is 6.49. The second-order valence-corrected chi connectivity index (χ2v) is 6.49. The van der Waals surface area contributed by atoms with Gasteiger partial charge < -0.3 is 9.80 Å². The molecular weight excluding hydrogens is 295 g/mol. The molecule has 0 saturated carbocycles. The normalized spacial score (nSPS) is 15.1. The molecule has 0 aliphatic carbocycles. The zero-order valence-electron chi connectivity index (χ0n) is 13.9. The van der Waals surface area contributed by atoms with Gasteiger partial charge in [-0.2, -0.15) is 0 Å². The summed E-state index contributed by atoms with van der Waals surface area (Å²) >= 11 is 0. The molecule has 0 atom stereocenters. The van der Waals surface area contributed by atoms with Crippen LogP contribution >= 0.6 is 0 Å². The van der Waals surface area contributed by atoms with E-state index in [1.807, 2.05) is 23.6 Å². The smallest absolute Gasteiger partial charge is 0.223 e. The fourth-order valence-electron chi connectivity index (χ4n) is 2.74. The van der Waals surface area contributed by atoms with Crippen LogP contribution in [0, 0.1) is 11.7 Å². The summed E-state index contributed by atoms with van der Waals surface area (Å²) in [6.07, 6.45) is 1.61. The first-order valence-corrected chi connectivity index (χ1v) is 8.25. The Morgan fingerprint density at radius 1 is 1.00 bits per heavy atom. The highest BCUT2D eigenvalue weighted by Crippen LogP contribution is 2.11. The van der Waals surface area contributed by atoms with Crippen LogP contribution in [0.5, 0.6) is 0 Å². The van der Waals surface area contributed by atoms with Crippen LogP contribution in [0.25, 0.3) is 0 Å². The maximum absolute atomic E-state index is 12.8. The lowest BCUT2D eigenvalue weighted by Gasteiger charge is -2.35. The average Bonchev–Trinajstić information content (AvgIpc) is 2.53. The third kappa shape index (κ3) is 5.34. The van der Waals surface area contributed by atoms with E-state index in [2.05, 4.69) is 0 Å². The number of rotatable bonds is 5. The molecule has 5 heteroatoms. The first-order valence-electron chi connectivity index (χ1n) is 8.25. The van der Waals surface area contributed by atoms with Gasteiger partial charge in [-0.25, -0.2) is 4.39 Å². The first kappa shape index (κ1) is 17.4. The highest BCUT2D eigenvalue weighted by atomic mass is 19.1. The number of carbonyl (C=O) groups is 2. The van der Waals surface area contributed by atoms with Gasteiger partial charge >= 0.3 is 0 Å². The minimum Gasteiger partial charge on any atom is -0.339 e. The summed E-state index contributed by atoms with van der Waals surface area (Å²) in [6, 6.07) is 6.26. The van der Waals surface area contributed by atoms with E-state index < -0.39 is 0 Å². The molecule has 1 fully saturated rings. The Kier molecular flexibility index (Phi) is 6.13. The number of amides is 2. The van der Waals surface area contributed by atoms with Crippen LogP contribution in [0.15, 0.2) is 24.3 Å². The van der Waals surface area contributed by atoms with Gasteiger partial charge in [0.05, 0.1) is 0 Å². The van der Waals surface area contributed by atoms with Crippen molar-refractivity contribution in [1.82, 2.24) is 9.80 Å². The van der Waals surface area contributed by atoms with E-state index in [1.54, 1.807) is 12.1 Å². The Morgan fingerprint density at radius 3 is 2.04 bits per heavy atom. The van der Waals surface area contributed by atoms with Crippen molar-refractivity contribution in [2.75, 3.05) is 26.2 Å². The van der Waals surface area contributed by atoms with Crippen LogP contribution in [0.3, 0.4) is 0 Å². The van der Waals surface area contributed by atoms with E-state index in [-0.39, 0.29) is 17.6 Å². The van der Waals surface area contributed by atoms with Crippen LogP contribution < -0.4 is 0 Å². The summed E-state index contributed by atoms with van der Waals surface area (Å²) < 4.78 is 12.8. The minimum absolute atomic E-state index is 0.102. The monoisotopic (exact) mass is 320 g/mol. The van der Waals surface area contributed by atoms with Crippen molar-refractivity contribution in [2.24, 2.45) is 5.92 Å². The maximum Gasteiger partial charge on any atom is 0.223 e. The highest BCUT2D eigenvalue weighted by molar-refractivity contribution is 5.78. The van der Waals surface area contributed by atoms with Gasteiger partial charge in [-0.3, -0.25) is 9.59 Å². The quantitative estimate of drug-likeness (QED) is 0.836. The van der Waals surface area contributed by atoms with Crippen LogP contribution in [0.4, 0.5) is 4.39 Å². The molecule has 2 amide bonds. The van der Waals surface area contributed by atoms with E-state index in [1.165, 1.54) is 12.1 Å². The molecule has 1 aliphatic rings. The molecule has 0 unspecified atom stereocenters. The maximum atomic E-state index is 12.8. The van der Waals surface area contributed by atoms with E-state index in [0.717, 1.165) is 5.56 Å². The van der Waals surface area contributed by atoms with Crippen molar-refractivity contribution in [2.45, 2.75) is 33.1 Å². The third-order valence-electron chi connectivity index (χ3n) is 4.11. The SMILES string of the molecule is CC(C)CC(=O)N1CCN(C(=O)CCc2ccc(F)cc2)CC1. The zero-order chi connectivity index (χ0) is 16.8. The summed E-state index contributed by atoms with van der Waals surface area (Å²) in [6.45, 7) is 6.51. The molecule has 126 valence electrons. The Balaban J connectivity index is 1.75. The first-order chi connectivity index (χ1) is 11.0. The lowest BCUT2D eigenvalue weighted by atomic mass is 10.1. The highest BCUT2D eigenvalue weighted by Gasteiger charge is 2.24. The number of nitrogens with zero attached hydrogens (tertiary/aromatic N) is 2. The molecule has 0 N–H and O–H groups in total. The number of benzene rings is 1. The van der Waals surface area contributed by atoms with Crippen molar-refractivity contribution in [3.8, 4) is 0 Å². The molecule has 1 saturated heterocycles. The summed E-state index contributed by atoms with van der Waals surface area (Å²) in [5.41, 5.74) is 0.963. The van der Waals surface area contributed by atoms with Gasteiger partial charge in [-0.15, -0.1) is 0 Å². The van der Waals surface area contributed by atoms with E-state index >= 15 is 0 Å². The van der Waals surface area contributed by atoms with Gasteiger partial charge in [0.25, 0.3) is 0 Å². The fourth-order valence-corrected chi connectivity index (χ4v) is 2.74. The van der Waals surface area contributed by atoms with Crippen LogP contribution in [0.1, 0.15) is 32.3 Å². The van der Waals surface area contributed by atoms with E-state index in [9.17, 15) is 14.0 Å². The van der Waals surface area contributed by atoms with Gasteiger partial charge in [-0.1, -0.05) is 26.0 Å². The topological polar surface area (TPSA) is 40.6 Å². The minimum atomic E-state index is -0.262. The number of carbonyl (C=O) groups excluding carboxylic acids is 2. The second kappa shape index (κ2) is 8.09. The third-order valence-corrected chi connectivity index (χ3v) is 4.11. The molecular formula is C18H25FN2O2. The summed E-state index contributed by atoms with van der Waals surface area (Å²) in [7, 11) is 0. The molecule has 1 heterocycles. The molecule has 1 aromatic carbocycles. The molecule has 4 nitrogen and oxygen atoms in total. The van der Waals surface area contributed by atoms with Crippen LogP contribution in [0.2, 0.25) is 0 Å². The van der Waals surface area contributed by atoms with E-state index in [4.69, 9.17) is 0 Å². The van der Waals surface area contributed by atoms with Gasteiger partial charge in [0.1, 0.15) is 5.82 Å². The number of piperazine rings is 1. The number of halogens is 1. The number of hydrogen-bond donors (Lipinski definition) is 0. The van der Waals surface area contributed by atoms with Crippen LogP contribution in [-0.2, 0) is 16.0 Å². The van der Waals surface area contributed by atoms with E-state index in [0.29, 0.717) is 51.4 Å². The van der Waals surface area contributed by atoms with Crippen molar-refractivity contribution in [3.63, 3.8) is 0 Å². The van der Waals surface area contributed by atoms with Gasteiger partial charge in [-0.05, 0) is 30.0 Å². The molecule has 1 aliphatic heterocycles. The summed E-state index contributed by atoms with van der Waals surface area (Å²) in [5, 5.41) is 0. The largest absolute Gasteiger partial charge is 0.339 e. The molecule has 2 rings (SSSR count). The van der Waals surface area contributed by atoms with Gasteiger partial charge in [0.2, 0.25) is 11.8 Å². The molecule has 0 spiro atoms. The van der Waals surface area contributed by atoms with Crippen molar-refractivity contribution in [3.05, 3.63) is 35.6 Å². The molecule has 0 radical (unpaired) electrons. The Morgan fingerprint density at radius 2 is 1.52 bits per heavy atom. The number of aryl methyl sites for hydroxylation is 1. The lowest BCUT2D eigenvalue weighted by molar-refractivity contribution is -0.140. The van der Waals surface area contributed by atoms with Crippen molar-refractivity contribution >= 4 is 11.8 Å². The predicted octanol–water partition coefficient (Wildman–Crippen LogP) is 2.48. The molecule has 1 aromatic rings. The zero-order valence-corrected chi connectivity index (χ0v) is 13.9. The molecule has 23 heavy (non-hydrogen) atoms. The Bertz CT molecular complexity index is 534. The van der Waals surface area contributed by atoms with Crippen molar-refractivity contribution in [1.29, 1.82) is 0 Å². The van der Waals surface area contributed by atoms with Gasteiger partial charge in [0.15, 0.2) is 0 Å². The molecule has 0 bridgehead atoms. The van der Waals surface area contributed by atoms with Gasteiger partial charge in [0, 0.05) is 39.0 Å². The number of hydrogen-bond acceptors (Lipinski definition) is 2. The Labute approximate surface area is 137 Å². The standard InChI is InChI=1S/C18H25FN2O2/c1-14(2)13-18(23)21-11-9-20(10-12-21)17(22)8-5-15-3-6-16(19)7-4-15/h3-4,6-7,14H,5,8-13H2,1-2H3. The fraction of sp³-hybridized carbons (Fsp3) is 0.556. The van der Waals surface area contributed by atoms with Crippen molar-refractivity contribution < 1.29 is 14.0 Å². The summed E-state index contributed by atoms with van der Waals surface area (Å²) in [4.78, 5) is 27.9.